The molecule has 1 amide bonds. The monoisotopic (exact) mass is 297 g/mol. The van der Waals surface area contributed by atoms with Crippen molar-refractivity contribution in [3.05, 3.63) is 16.1 Å². The van der Waals surface area contributed by atoms with Crippen LogP contribution in [0.4, 0.5) is 0 Å². The van der Waals surface area contributed by atoms with Crippen molar-refractivity contribution >= 4 is 17.2 Å². The molecule has 6 heteroatoms. The Morgan fingerprint density at radius 3 is 2.85 bits per heavy atom. The number of aromatic nitrogens is 1. The molecule has 5 nitrogen and oxygen atoms in total. The lowest BCUT2D eigenvalue weighted by atomic mass is 9.79. The molecule has 2 rings (SSSR count). The lowest BCUT2D eigenvalue weighted by molar-refractivity contribution is -0.00543. The second-order valence-corrected chi connectivity index (χ2v) is 6.84. The summed E-state index contributed by atoms with van der Waals surface area (Å²) < 4.78 is 0. The number of rotatable bonds is 4. The van der Waals surface area contributed by atoms with Gasteiger partial charge in [0, 0.05) is 11.9 Å². The molecule has 0 bridgehead atoms. The second kappa shape index (κ2) is 6.20. The molecule has 0 aromatic carbocycles. The maximum Gasteiger partial charge on any atom is 0.270 e. The molecule has 112 valence electrons. The van der Waals surface area contributed by atoms with Gasteiger partial charge in [0.15, 0.2) is 0 Å². The van der Waals surface area contributed by atoms with E-state index < -0.39 is 5.60 Å². The van der Waals surface area contributed by atoms with Gasteiger partial charge >= 0.3 is 0 Å². The van der Waals surface area contributed by atoms with Crippen molar-refractivity contribution in [1.29, 1.82) is 0 Å². The number of thiazole rings is 1. The number of hydrogen-bond acceptors (Lipinski definition) is 5. The number of aliphatic hydroxyl groups is 1. The predicted octanol–water partition coefficient (Wildman–Crippen LogP) is 1.83. The average Bonchev–Trinajstić information content (AvgIpc) is 2.90. The zero-order valence-electron chi connectivity index (χ0n) is 12.1. The SMILES string of the molecule is CC1CCC(O)(CNC(=O)c2csc(C(C)N)n2)CC1. The van der Waals surface area contributed by atoms with Crippen molar-refractivity contribution in [2.45, 2.75) is 51.2 Å². The Hall–Kier alpha value is -0.980. The van der Waals surface area contributed by atoms with Crippen LogP contribution in [0.3, 0.4) is 0 Å². The molecule has 1 atom stereocenters. The summed E-state index contributed by atoms with van der Waals surface area (Å²) in [7, 11) is 0. The normalized spacial score (nSPS) is 28.1. The van der Waals surface area contributed by atoms with Crippen LogP contribution in [0.15, 0.2) is 5.38 Å². The van der Waals surface area contributed by atoms with Gasteiger partial charge in [-0.3, -0.25) is 4.79 Å². The Morgan fingerprint density at radius 1 is 1.65 bits per heavy atom. The van der Waals surface area contributed by atoms with Gasteiger partial charge in [-0.2, -0.15) is 0 Å². The molecule has 1 aromatic rings. The Balaban J connectivity index is 1.88. The first-order chi connectivity index (χ1) is 9.39. The van der Waals surface area contributed by atoms with E-state index in [4.69, 9.17) is 5.73 Å². The van der Waals surface area contributed by atoms with Gasteiger partial charge in [-0.25, -0.2) is 4.98 Å². The van der Waals surface area contributed by atoms with E-state index in [9.17, 15) is 9.90 Å². The predicted molar refractivity (Wildman–Crippen MR) is 79.6 cm³/mol. The molecular weight excluding hydrogens is 274 g/mol. The molecule has 20 heavy (non-hydrogen) atoms. The van der Waals surface area contributed by atoms with Crippen molar-refractivity contribution in [3.63, 3.8) is 0 Å². The van der Waals surface area contributed by atoms with Crippen LogP contribution in [0.2, 0.25) is 0 Å². The van der Waals surface area contributed by atoms with Gasteiger partial charge in [-0.1, -0.05) is 6.92 Å². The third-order valence-electron chi connectivity index (χ3n) is 3.93. The zero-order valence-corrected chi connectivity index (χ0v) is 12.9. The van der Waals surface area contributed by atoms with Crippen molar-refractivity contribution in [1.82, 2.24) is 10.3 Å². The van der Waals surface area contributed by atoms with Gasteiger partial charge in [0.1, 0.15) is 10.7 Å². The molecule has 1 saturated carbocycles. The molecule has 1 aliphatic carbocycles. The van der Waals surface area contributed by atoms with Crippen LogP contribution in [-0.4, -0.2) is 28.1 Å². The van der Waals surface area contributed by atoms with E-state index in [0.717, 1.165) is 30.7 Å². The standard InChI is InChI=1S/C14H23N3O2S/c1-9-3-5-14(19,6-4-9)8-16-12(18)11-7-20-13(17-11)10(2)15/h7,9-10,19H,3-6,8,15H2,1-2H3,(H,16,18). The minimum absolute atomic E-state index is 0.162. The molecule has 1 aromatic heterocycles. The van der Waals surface area contributed by atoms with Gasteiger partial charge in [0.05, 0.1) is 11.6 Å². The number of nitrogens with two attached hydrogens (primary N) is 1. The van der Waals surface area contributed by atoms with Gasteiger partial charge in [-0.15, -0.1) is 11.3 Å². The summed E-state index contributed by atoms with van der Waals surface area (Å²) in [5.41, 5.74) is 5.35. The Kier molecular flexibility index (Phi) is 4.78. The molecule has 0 aliphatic heterocycles. The number of carbonyl (C=O) groups is 1. The number of hydrogen-bond donors (Lipinski definition) is 3. The molecule has 1 fully saturated rings. The van der Waals surface area contributed by atoms with E-state index in [2.05, 4.69) is 17.2 Å². The number of nitrogens with one attached hydrogen (secondary N) is 1. The van der Waals surface area contributed by atoms with Crippen LogP contribution in [0, 0.1) is 5.92 Å². The summed E-state index contributed by atoms with van der Waals surface area (Å²) in [6.45, 7) is 4.33. The van der Waals surface area contributed by atoms with Crippen LogP contribution < -0.4 is 11.1 Å². The molecule has 1 aliphatic rings. The highest BCUT2D eigenvalue weighted by Gasteiger charge is 2.32. The average molecular weight is 297 g/mol. The molecule has 0 saturated heterocycles. The summed E-state index contributed by atoms with van der Waals surface area (Å²) in [6, 6.07) is -0.162. The van der Waals surface area contributed by atoms with Crippen LogP contribution in [-0.2, 0) is 0 Å². The third kappa shape index (κ3) is 3.77. The van der Waals surface area contributed by atoms with Crippen LogP contribution in [0.25, 0.3) is 0 Å². The Labute approximate surface area is 123 Å². The molecule has 1 heterocycles. The molecule has 4 N–H and O–H groups in total. The summed E-state index contributed by atoms with van der Waals surface area (Å²) in [6.07, 6.45) is 3.52. The van der Waals surface area contributed by atoms with E-state index in [-0.39, 0.29) is 11.9 Å². The lowest BCUT2D eigenvalue weighted by Crippen LogP contribution is -2.45. The molecule has 0 radical (unpaired) electrons. The molecule has 0 spiro atoms. The first kappa shape index (κ1) is 15.4. The van der Waals surface area contributed by atoms with E-state index in [0.29, 0.717) is 18.2 Å². The number of carbonyl (C=O) groups excluding carboxylic acids is 1. The van der Waals surface area contributed by atoms with E-state index in [1.54, 1.807) is 5.38 Å². The molecular formula is C14H23N3O2S. The number of nitrogens with zero attached hydrogens (tertiary/aromatic N) is 1. The van der Waals surface area contributed by atoms with Crippen molar-refractivity contribution in [2.75, 3.05) is 6.54 Å². The second-order valence-electron chi connectivity index (χ2n) is 5.95. The van der Waals surface area contributed by atoms with Crippen LogP contribution in [0.5, 0.6) is 0 Å². The van der Waals surface area contributed by atoms with Crippen molar-refractivity contribution in [3.8, 4) is 0 Å². The van der Waals surface area contributed by atoms with E-state index in [1.165, 1.54) is 11.3 Å². The summed E-state index contributed by atoms with van der Waals surface area (Å²) in [4.78, 5) is 16.2. The van der Waals surface area contributed by atoms with Gasteiger partial charge < -0.3 is 16.2 Å². The summed E-state index contributed by atoms with van der Waals surface area (Å²) in [5, 5.41) is 15.7. The van der Waals surface area contributed by atoms with Gasteiger partial charge in [0.2, 0.25) is 0 Å². The van der Waals surface area contributed by atoms with Crippen molar-refractivity contribution in [2.24, 2.45) is 11.7 Å². The minimum atomic E-state index is -0.762. The van der Waals surface area contributed by atoms with Crippen LogP contribution >= 0.6 is 11.3 Å². The zero-order chi connectivity index (χ0) is 14.8. The highest BCUT2D eigenvalue weighted by molar-refractivity contribution is 7.09. The summed E-state index contributed by atoms with van der Waals surface area (Å²) in [5.74, 6) is 0.429. The smallest absolute Gasteiger partial charge is 0.270 e. The van der Waals surface area contributed by atoms with Crippen molar-refractivity contribution < 1.29 is 9.90 Å². The largest absolute Gasteiger partial charge is 0.388 e. The third-order valence-corrected chi connectivity index (χ3v) is 4.97. The first-order valence-corrected chi connectivity index (χ1v) is 7.99. The first-order valence-electron chi connectivity index (χ1n) is 7.11. The Bertz CT molecular complexity index is 465. The van der Waals surface area contributed by atoms with E-state index in [1.807, 2.05) is 6.92 Å². The van der Waals surface area contributed by atoms with Crippen LogP contribution in [0.1, 0.15) is 61.1 Å². The van der Waals surface area contributed by atoms with Gasteiger partial charge in [0.25, 0.3) is 5.91 Å². The quantitative estimate of drug-likeness (QED) is 0.791. The van der Waals surface area contributed by atoms with E-state index >= 15 is 0 Å². The maximum absolute atomic E-state index is 12.0. The fraction of sp³-hybridized carbons (Fsp3) is 0.714. The highest BCUT2D eigenvalue weighted by atomic mass is 32.1. The fourth-order valence-electron chi connectivity index (χ4n) is 2.41. The Morgan fingerprint density at radius 2 is 2.30 bits per heavy atom. The fourth-order valence-corrected chi connectivity index (χ4v) is 3.17. The van der Waals surface area contributed by atoms with Gasteiger partial charge in [-0.05, 0) is 38.5 Å². The number of amides is 1. The topological polar surface area (TPSA) is 88.2 Å². The lowest BCUT2D eigenvalue weighted by Gasteiger charge is -2.34. The highest BCUT2D eigenvalue weighted by Crippen LogP contribution is 2.31. The molecule has 1 unspecified atom stereocenters. The summed E-state index contributed by atoms with van der Waals surface area (Å²) >= 11 is 1.39. The minimum Gasteiger partial charge on any atom is -0.388 e. The maximum atomic E-state index is 12.0.